The molecule has 34 heavy (non-hydrogen) atoms. The molecule has 0 unspecified atom stereocenters. The van der Waals surface area contributed by atoms with Crippen LogP contribution in [-0.4, -0.2) is 47.5 Å². The molecule has 1 aliphatic rings. The maximum Gasteiger partial charge on any atom is 0.322 e. The lowest BCUT2D eigenvalue weighted by Gasteiger charge is -2.29. The van der Waals surface area contributed by atoms with Crippen molar-refractivity contribution in [2.75, 3.05) is 25.0 Å². The Hall–Kier alpha value is -2.68. The smallest absolute Gasteiger partial charge is 0.322 e. The van der Waals surface area contributed by atoms with Gasteiger partial charge < -0.3 is 19.9 Å². The lowest BCUT2D eigenvalue weighted by atomic mass is 10.2. The summed E-state index contributed by atoms with van der Waals surface area (Å²) in [5.74, 6) is -0.0995. The Bertz CT molecular complexity index is 1070. The molecular weight excluding hydrogens is 514 g/mol. The average molecular weight is 542 g/mol. The van der Waals surface area contributed by atoms with Gasteiger partial charge in [-0.25, -0.2) is 4.79 Å². The summed E-state index contributed by atoms with van der Waals surface area (Å²) < 4.78 is 6.56. The number of halogens is 1. The van der Waals surface area contributed by atoms with Gasteiger partial charge in [-0.3, -0.25) is 4.79 Å². The fourth-order valence-electron chi connectivity index (χ4n) is 3.90. The molecule has 1 aliphatic heterocycles. The zero-order valence-corrected chi connectivity index (χ0v) is 21.3. The van der Waals surface area contributed by atoms with Gasteiger partial charge in [0.1, 0.15) is 6.54 Å². The summed E-state index contributed by atoms with van der Waals surface area (Å²) in [6.45, 7) is 2.04. The molecule has 0 bridgehead atoms. The SMILES string of the molecule is O=C(CN(C[C@@H]1CCCO1)C(=O)Nc1ccccc1Br)N(Cc1ccccc1)Cc1cccs1. The Morgan fingerprint density at radius 3 is 2.50 bits per heavy atom. The molecule has 1 aromatic heterocycles. The highest BCUT2D eigenvalue weighted by atomic mass is 79.9. The number of thiophene rings is 1. The number of nitrogens with one attached hydrogen (secondary N) is 1. The molecule has 2 aromatic carbocycles. The number of urea groups is 1. The summed E-state index contributed by atoms with van der Waals surface area (Å²) >= 11 is 5.10. The first-order chi connectivity index (χ1) is 16.6. The van der Waals surface area contributed by atoms with Crippen LogP contribution in [0.2, 0.25) is 0 Å². The molecule has 2 heterocycles. The highest BCUT2D eigenvalue weighted by Gasteiger charge is 2.27. The van der Waals surface area contributed by atoms with Gasteiger partial charge in [0.05, 0.1) is 18.3 Å². The Morgan fingerprint density at radius 2 is 1.79 bits per heavy atom. The zero-order chi connectivity index (χ0) is 23.8. The molecule has 8 heteroatoms. The third kappa shape index (κ3) is 6.91. The van der Waals surface area contributed by atoms with E-state index in [1.54, 1.807) is 16.2 Å². The van der Waals surface area contributed by atoms with E-state index in [4.69, 9.17) is 4.74 Å². The molecule has 4 rings (SSSR count). The molecule has 1 atom stereocenters. The van der Waals surface area contributed by atoms with Crippen molar-refractivity contribution < 1.29 is 14.3 Å². The first-order valence-corrected chi connectivity index (χ1v) is 13.0. The van der Waals surface area contributed by atoms with Crippen LogP contribution in [0.15, 0.2) is 76.6 Å². The third-order valence-corrected chi connectivity index (χ3v) is 7.23. The van der Waals surface area contributed by atoms with E-state index in [1.165, 1.54) is 0 Å². The Labute approximate surface area is 212 Å². The van der Waals surface area contributed by atoms with Crippen molar-refractivity contribution in [1.82, 2.24) is 9.80 Å². The second kappa shape index (κ2) is 12.1. The van der Waals surface area contributed by atoms with E-state index in [9.17, 15) is 9.59 Å². The third-order valence-electron chi connectivity index (χ3n) is 5.67. The number of para-hydroxylation sites is 1. The van der Waals surface area contributed by atoms with Crippen molar-refractivity contribution in [2.45, 2.75) is 32.0 Å². The van der Waals surface area contributed by atoms with E-state index in [0.717, 1.165) is 27.8 Å². The number of anilines is 1. The lowest BCUT2D eigenvalue weighted by Crippen LogP contribution is -2.46. The Kier molecular flexibility index (Phi) is 8.73. The number of hydrogen-bond acceptors (Lipinski definition) is 4. The van der Waals surface area contributed by atoms with Gasteiger partial charge in [-0.05, 0) is 57.9 Å². The molecule has 0 aliphatic carbocycles. The Balaban J connectivity index is 1.51. The standard InChI is InChI=1S/C26H28BrN3O3S/c27-23-12-4-5-13-24(23)28-26(32)30(17-21-10-6-14-33-21)19-25(31)29(18-22-11-7-15-34-22)16-20-8-2-1-3-9-20/h1-5,7-9,11-13,15,21H,6,10,14,16-19H2,(H,28,32)/t21-/m0/s1. The number of rotatable bonds is 9. The monoisotopic (exact) mass is 541 g/mol. The predicted octanol–water partition coefficient (Wildman–Crippen LogP) is 5.75. The number of ether oxygens (including phenoxy) is 1. The van der Waals surface area contributed by atoms with Crippen LogP contribution in [0.1, 0.15) is 23.3 Å². The number of carbonyl (C=O) groups excluding carboxylic acids is 2. The largest absolute Gasteiger partial charge is 0.376 e. The van der Waals surface area contributed by atoms with Gasteiger partial charge in [0.15, 0.2) is 0 Å². The highest BCUT2D eigenvalue weighted by Crippen LogP contribution is 2.22. The summed E-state index contributed by atoms with van der Waals surface area (Å²) in [5.41, 5.74) is 1.72. The number of carbonyl (C=O) groups is 2. The lowest BCUT2D eigenvalue weighted by molar-refractivity contribution is -0.133. The topological polar surface area (TPSA) is 61.9 Å². The van der Waals surface area contributed by atoms with Gasteiger partial charge in [0, 0.05) is 29.0 Å². The summed E-state index contributed by atoms with van der Waals surface area (Å²) in [7, 11) is 0. The normalized spacial score (nSPS) is 15.1. The van der Waals surface area contributed by atoms with Gasteiger partial charge >= 0.3 is 6.03 Å². The minimum absolute atomic E-state index is 0.0195. The second-order valence-electron chi connectivity index (χ2n) is 8.24. The van der Waals surface area contributed by atoms with Crippen LogP contribution in [0, 0.1) is 0 Å². The van der Waals surface area contributed by atoms with Crippen LogP contribution in [0.3, 0.4) is 0 Å². The molecule has 1 saturated heterocycles. The molecule has 6 nitrogen and oxygen atoms in total. The fourth-order valence-corrected chi connectivity index (χ4v) is 5.00. The fraction of sp³-hybridized carbons (Fsp3) is 0.308. The van der Waals surface area contributed by atoms with Gasteiger partial charge in [-0.1, -0.05) is 48.5 Å². The van der Waals surface area contributed by atoms with Crippen LogP contribution in [-0.2, 0) is 22.6 Å². The van der Waals surface area contributed by atoms with Gasteiger partial charge in [0.25, 0.3) is 0 Å². The van der Waals surface area contributed by atoms with Crippen LogP contribution in [0.5, 0.6) is 0 Å². The Morgan fingerprint density at radius 1 is 1.00 bits per heavy atom. The van der Waals surface area contributed by atoms with E-state index in [-0.39, 0.29) is 24.6 Å². The van der Waals surface area contributed by atoms with Crippen LogP contribution in [0.25, 0.3) is 0 Å². The second-order valence-corrected chi connectivity index (χ2v) is 10.1. The van der Waals surface area contributed by atoms with Crippen molar-refractivity contribution in [3.05, 3.63) is 87.0 Å². The number of amides is 3. The molecule has 0 spiro atoms. The van der Waals surface area contributed by atoms with Crippen molar-refractivity contribution in [1.29, 1.82) is 0 Å². The molecule has 178 valence electrons. The van der Waals surface area contributed by atoms with Crippen molar-refractivity contribution in [3.63, 3.8) is 0 Å². The minimum atomic E-state index is -0.313. The van der Waals surface area contributed by atoms with E-state index < -0.39 is 0 Å². The maximum atomic E-state index is 13.5. The van der Waals surface area contributed by atoms with Crippen molar-refractivity contribution in [3.8, 4) is 0 Å². The quantitative estimate of drug-likeness (QED) is 0.375. The van der Waals surface area contributed by atoms with E-state index >= 15 is 0 Å². The van der Waals surface area contributed by atoms with Gasteiger partial charge in [-0.15, -0.1) is 11.3 Å². The van der Waals surface area contributed by atoms with Gasteiger partial charge in [-0.2, -0.15) is 0 Å². The number of benzene rings is 2. The van der Waals surface area contributed by atoms with E-state index in [0.29, 0.717) is 31.9 Å². The van der Waals surface area contributed by atoms with Crippen molar-refractivity contribution in [2.24, 2.45) is 0 Å². The molecule has 0 saturated carbocycles. The molecular formula is C26H28BrN3O3S. The van der Waals surface area contributed by atoms with E-state index in [2.05, 4.69) is 21.2 Å². The molecule has 0 radical (unpaired) electrons. The maximum absolute atomic E-state index is 13.5. The summed E-state index contributed by atoms with van der Waals surface area (Å²) in [6, 6.07) is 21.1. The predicted molar refractivity (Wildman–Crippen MR) is 139 cm³/mol. The minimum Gasteiger partial charge on any atom is -0.376 e. The number of nitrogens with zero attached hydrogens (tertiary/aromatic N) is 2. The first kappa shape index (κ1) is 24.4. The molecule has 1 N–H and O–H groups in total. The zero-order valence-electron chi connectivity index (χ0n) is 18.9. The van der Waals surface area contributed by atoms with E-state index in [1.807, 2.05) is 77.0 Å². The number of hydrogen-bond donors (Lipinski definition) is 1. The molecule has 3 aromatic rings. The van der Waals surface area contributed by atoms with Crippen LogP contribution >= 0.6 is 27.3 Å². The van der Waals surface area contributed by atoms with Gasteiger partial charge in [0.2, 0.25) is 5.91 Å². The first-order valence-electron chi connectivity index (χ1n) is 11.3. The summed E-state index contributed by atoms with van der Waals surface area (Å²) in [4.78, 5) is 31.3. The highest BCUT2D eigenvalue weighted by molar-refractivity contribution is 9.10. The average Bonchev–Trinajstić information content (AvgIpc) is 3.55. The summed E-state index contributed by atoms with van der Waals surface area (Å²) in [6.07, 6.45) is 1.80. The van der Waals surface area contributed by atoms with Crippen LogP contribution < -0.4 is 5.32 Å². The molecule has 1 fully saturated rings. The molecule has 3 amide bonds. The van der Waals surface area contributed by atoms with Crippen LogP contribution in [0.4, 0.5) is 10.5 Å². The summed E-state index contributed by atoms with van der Waals surface area (Å²) in [5, 5.41) is 4.95. The van der Waals surface area contributed by atoms with Crippen molar-refractivity contribution >= 4 is 44.9 Å².